The van der Waals surface area contributed by atoms with Crippen molar-refractivity contribution in [2.24, 2.45) is 0 Å². The van der Waals surface area contributed by atoms with Crippen molar-refractivity contribution in [2.75, 3.05) is 6.61 Å². The van der Waals surface area contributed by atoms with Crippen LogP contribution in [-0.4, -0.2) is 34.3 Å². The first kappa shape index (κ1) is 15.9. The molecule has 24 heavy (non-hydrogen) atoms. The van der Waals surface area contributed by atoms with Gasteiger partial charge in [-0.3, -0.25) is 24.3 Å². The minimum Gasteiger partial charge on any atom is -0.466 e. The standard InChI is InChI=1S/C18H16N2O4/c1-2-24-16(21)11-15(14-9-5-6-10-19-14)20-17(22)12-7-3-4-8-13(12)18(20)23/h3-10,15H,2,11H2,1H3. The van der Waals surface area contributed by atoms with E-state index in [1.165, 1.54) is 0 Å². The molecule has 1 aliphatic rings. The number of esters is 1. The molecule has 0 N–H and O–H groups in total. The highest BCUT2D eigenvalue weighted by Gasteiger charge is 2.41. The van der Waals surface area contributed by atoms with Gasteiger partial charge in [-0.25, -0.2) is 0 Å². The molecular weight excluding hydrogens is 308 g/mol. The lowest BCUT2D eigenvalue weighted by molar-refractivity contribution is -0.144. The molecule has 2 aromatic rings. The van der Waals surface area contributed by atoms with E-state index in [1.807, 2.05) is 0 Å². The summed E-state index contributed by atoms with van der Waals surface area (Å²) < 4.78 is 4.99. The maximum absolute atomic E-state index is 12.7. The predicted octanol–water partition coefficient (Wildman–Crippen LogP) is 2.37. The maximum atomic E-state index is 12.7. The Morgan fingerprint density at radius 1 is 1.08 bits per heavy atom. The number of imide groups is 1. The third kappa shape index (κ3) is 2.78. The Bertz CT molecular complexity index is 754. The highest BCUT2D eigenvalue weighted by Crippen LogP contribution is 2.32. The molecule has 0 fully saturated rings. The normalized spacial score (nSPS) is 14.5. The molecule has 0 spiro atoms. The molecule has 0 bridgehead atoms. The lowest BCUT2D eigenvalue weighted by atomic mass is 10.1. The summed E-state index contributed by atoms with van der Waals surface area (Å²) in [7, 11) is 0. The van der Waals surface area contributed by atoms with Crippen molar-refractivity contribution in [3.05, 3.63) is 65.5 Å². The first-order valence-electron chi connectivity index (χ1n) is 7.67. The number of pyridine rings is 1. The minimum atomic E-state index is -0.794. The molecule has 1 aromatic heterocycles. The molecule has 0 radical (unpaired) electrons. The molecule has 0 saturated heterocycles. The summed E-state index contributed by atoms with van der Waals surface area (Å²) in [5.41, 5.74) is 1.15. The van der Waals surface area contributed by atoms with Crippen LogP contribution in [0.15, 0.2) is 48.7 Å². The Hall–Kier alpha value is -3.02. The molecule has 122 valence electrons. The van der Waals surface area contributed by atoms with Gasteiger partial charge in [-0.2, -0.15) is 0 Å². The lowest BCUT2D eigenvalue weighted by Gasteiger charge is -2.25. The number of benzene rings is 1. The molecule has 2 heterocycles. The molecule has 3 rings (SSSR count). The second kappa shape index (κ2) is 6.62. The van der Waals surface area contributed by atoms with Crippen LogP contribution in [0.5, 0.6) is 0 Å². The number of nitrogens with zero attached hydrogens (tertiary/aromatic N) is 2. The van der Waals surface area contributed by atoms with Gasteiger partial charge in [-0.05, 0) is 31.2 Å². The summed E-state index contributed by atoms with van der Waals surface area (Å²) in [5, 5.41) is 0. The topological polar surface area (TPSA) is 76.6 Å². The maximum Gasteiger partial charge on any atom is 0.308 e. The molecule has 1 aromatic carbocycles. The van der Waals surface area contributed by atoms with E-state index in [0.717, 1.165) is 4.90 Å². The molecule has 1 unspecified atom stereocenters. The van der Waals surface area contributed by atoms with E-state index >= 15 is 0 Å². The highest BCUT2D eigenvalue weighted by molar-refractivity contribution is 6.21. The minimum absolute atomic E-state index is 0.129. The van der Waals surface area contributed by atoms with Gasteiger partial charge in [0.25, 0.3) is 11.8 Å². The van der Waals surface area contributed by atoms with Crippen LogP contribution in [-0.2, 0) is 9.53 Å². The molecule has 1 atom stereocenters. The van der Waals surface area contributed by atoms with Crippen LogP contribution in [0.2, 0.25) is 0 Å². The van der Waals surface area contributed by atoms with Crippen LogP contribution in [0.3, 0.4) is 0 Å². The number of hydrogen-bond donors (Lipinski definition) is 0. The Morgan fingerprint density at radius 2 is 1.71 bits per heavy atom. The van der Waals surface area contributed by atoms with Crippen LogP contribution in [0.1, 0.15) is 45.8 Å². The molecule has 1 aliphatic heterocycles. The van der Waals surface area contributed by atoms with Gasteiger partial charge < -0.3 is 4.74 Å². The third-order valence-corrected chi connectivity index (χ3v) is 3.83. The Morgan fingerprint density at radius 3 is 2.25 bits per heavy atom. The van der Waals surface area contributed by atoms with E-state index < -0.39 is 23.8 Å². The fourth-order valence-corrected chi connectivity index (χ4v) is 2.77. The monoisotopic (exact) mass is 324 g/mol. The van der Waals surface area contributed by atoms with Gasteiger partial charge in [0.15, 0.2) is 0 Å². The van der Waals surface area contributed by atoms with Gasteiger partial charge in [0.05, 0.1) is 35.9 Å². The number of ether oxygens (including phenoxy) is 1. The molecule has 6 nitrogen and oxygen atoms in total. The number of hydrogen-bond acceptors (Lipinski definition) is 5. The second-order valence-corrected chi connectivity index (χ2v) is 5.31. The summed E-state index contributed by atoms with van der Waals surface area (Å²) in [6, 6.07) is 11.0. The van der Waals surface area contributed by atoms with Crippen molar-refractivity contribution in [2.45, 2.75) is 19.4 Å². The van der Waals surface area contributed by atoms with E-state index in [4.69, 9.17) is 4.74 Å². The average Bonchev–Trinajstić information content (AvgIpc) is 2.86. The Labute approximate surface area is 139 Å². The number of carbonyl (C=O) groups is 3. The fourth-order valence-electron chi connectivity index (χ4n) is 2.77. The molecular formula is C18H16N2O4. The van der Waals surface area contributed by atoms with Gasteiger partial charge in [0.2, 0.25) is 0 Å². The second-order valence-electron chi connectivity index (χ2n) is 5.31. The van der Waals surface area contributed by atoms with Crippen LogP contribution < -0.4 is 0 Å². The van der Waals surface area contributed by atoms with Gasteiger partial charge >= 0.3 is 5.97 Å². The zero-order chi connectivity index (χ0) is 17.1. The van der Waals surface area contributed by atoms with Crippen molar-refractivity contribution in [3.8, 4) is 0 Å². The van der Waals surface area contributed by atoms with Gasteiger partial charge in [0, 0.05) is 6.20 Å². The molecule has 0 saturated carbocycles. The molecule has 2 amide bonds. The van der Waals surface area contributed by atoms with Crippen molar-refractivity contribution in [1.82, 2.24) is 9.88 Å². The highest BCUT2D eigenvalue weighted by atomic mass is 16.5. The van der Waals surface area contributed by atoms with E-state index in [2.05, 4.69) is 4.98 Å². The number of carbonyl (C=O) groups excluding carboxylic acids is 3. The first-order valence-corrected chi connectivity index (χ1v) is 7.67. The number of amides is 2. The van der Waals surface area contributed by atoms with Crippen molar-refractivity contribution >= 4 is 17.8 Å². The SMILES string of the molecule is CCOC(=O)CC(c1ccccn1)N1C(=O)c2ccccc2C1=O. The number of rotatable bonds is 5. The summed E-state index contributed by atoms with van der Waals surface area (Å²) in [4.78, 5) is 42.7. The van der Waals surface area contributed by atoms with E-state index in [9.17, 15) is 14.4 Å². The zero-order valence-corrected chi connectivity index (χ0v) is 13.1. The molecule has 6 heteroatoms. The molecule has 0 aliphatic carbocycles. The quantitative estimate of drug-likeness (QED) is 0.623. The van der Waals surface area contributed by atoms with Gasteiger partial charge in [0.1, 0.15) is 0 Å². The lowest BCUT2D eigenvalue weighted by Crippen LogP contribution is -2.36. The first-order chi connectivity index (χ1) is 11.6. The Kier molecular flexibility index (Phi) is 4.37. The average molecular weight is 324 g/mol. The predicted molar refractivity (Wildman–Crippen MR) is 85.2 cm³/mol. The number of fused-ring (bicyclic) bond motifs is 1. The number of aromatic nitrogens is 1. The van der Waals surface area contributed by atoms with Crippen LogP contribution in [0.25, 0.3) is 0 Å². The van der Waals surface area contributed by atoms with Crippen molar-refractivity contribution in [1.29, 1.82) is 0 Å². The Balaban J connectivity index is 1.99. The van der Waals surface area contributed by atoms with E-state index in [0.29, 0.717) is 16.8 Å². The summed E-state index contributed by atoms with van der Waals surface area (Å²) in [5.74, 6) is -1.32. The van der Waals surface area contributed by atoms with Crippen molar-refractivity contribution < 1.29 is 19.1 Å². The van der Waals surface area contributed by atoms with E-state index in [1.54, 1.807) is 55.6 Å². The summed E-state index contributed by atoms with van der Waals surface area (Å²) in [6.45, 7) is 1.94. The van der Waals surface area contributed by atoms with E-state index in [-0.39, 0.29) is 13.0 Å². The fraction of sp³-hybridized carbons (Fsp3) is 0.222. The smallest absolute Gasteiger partial charge is 0.308 e. The summed E-state index contributed by atoms with van der Waals surface area (Å²) >= 11 is 0. The largest absolute Gasteiger partial charge is 0.466 e. The van der Waals surface area contributed by atoms with Gasteiger partial charge in [-0.15, -0.1) is 0 Å². The van der Waals surface area contributed by atoms with Crippen LogP contribution in [0.4, 0.5) is 0 Å². The van der Waals surface area contributed by atoms with Crippen LogP contribution in [0, 0.1) is 0 Å². The third-order valence-electron chi connectivity index (χ3n) is 3.83. The van der Waals surface area contributed by atoms with Crippen LogP contribution >= 0.6 is 0 Å². The zero-order valence-electron chi connectivity index (χ0n) is 13.1. The summed E-state index contributed by atoms with van der Waals surface area (Å²) in [6.07, 6.45) is 1.43. The van der Waals surface area contributed by atoms with Gasteiger partial charge in [-0.1, -0.05) is 18.2 Å². The van der Waals surface area contributed by atoms with Crippen molar-refractivity contribution in [3.63, 3.8) is 0 Å².